The number of nitrogens with one attached hydrogen (secondary N) is 1. The molecule has 8 rings (SSSR count). The molecule has 10 heteroatoms. The number of likely N-dealkylation sites (tertiary alicyclic amines) is 1. The van der Waals surface area contributed by atoms with Gasteiger partial charge in [-0.2, -0.15) is 0 Å². The second kappa shape index (κ2) is 16.4. The third-order valence-electron chi connectivity index (χ3n) is 10.8. The fraction of sp³-hybridized carbons (Fsp3) is 0.267. The predicted molar refractivity (Wildman–Crippen MR) is 212 cm³/mol. The minimum atomic E-state index is -0.880. The number of hydrogen-bond acceptors (Lipinski definition) is 8. The number of piperidine rings is 1. The number of nitrogens with zero attached hydrogens (tertiary/aromatic N) is 3. The van der Waals surface area contributed by atoms with Gasteiger partial charge in [0.25, 0.3) is 5.91 Å². The topological polar surface area (TPSA) is 117 Å². The molecule has 2 saturated heterocycles. The van der Waals surface area contributed by atoms with Crippen LogP contribution in [0.4, 0.5) is 0 Å². The number of fused-ring (bicyclic) bond motifs is 1. The van der Waals surface area contributed by atoms with Crippen molar-refractivity contribution in [1.29, 1.82) is 0 Å². The van der Waals surface area contributed by atoms with Gasteiger partial charge in [0, 0.05) is 43.2 Å². The highest BCUT2D eigenvalue weighted by atomic mass is 35.5. The van der Waals surface area contributed by atoms with Crippen LogP contribution in [0.2, 0.25) is 5.02 Å². The number of para-hydroxylation sites is 2. The molecule has 1 amide bonds. The first-order valence-corrected chi connectivity index (χ1v) is 19.1. The molecule has 5 aromatic carbocycles. The van der Waals surface area contributed by atoms with Crippen LogP contribution in [0.15, 0.2) is 128 Å². The number of amides is 1. The molecular weight excluding hydrogens is 712 g/mol. The molecule has 3 heterocycles. The van der Waals surface area contributed by atoms with Crippen molar-refractivity contribution < 1.29 is 24.5 Å². The molecule has 3 atom stereocenters. The van der Waals surface area contributed by atoms with E-state index in [-0.39, 0.29) is 30.4 Å². The van der Waals surface area contributed by atoms with E-state index in [0.29, 0.717) is 42.9 Å². The van der Waals surface area contributed by atoms with Crippen molar-refractivity contribution in [1.82, 2.24) is 20.2 Å². The summed E-state index contributed by atoms with van der Waals surface area (Å²) in [6.07, 6.45) is 2.52. The Bertz CT molecular complexity index is 2240. The number of halogens is 1. The zero-order valence-corrected chi connectivity index (χ0v) is 31.1. The van der Waals surface area contributed by atoms with E-state index in [1.54, 1.807) is 0 Å². The van der Waals surface area contributed by atoms with Crippen molar-refractivity contribution in [3.8, 4) is 11.1 Å². The molecule has 55 heavy (non-hydrogen) atoms. The minimum Gasteiger partial charge on any atom is -0.392 e. The summed E-state index contributed by atoms with van der Waals surface area (Å²) in [5.41, 5.74) is 7.48. The van der Waals surface area contributed by atoms with Crippen molar-refractivity contribution in [3.63, 3.8) is 0 Å². The van der Waals surface area contributed by atoms with Gasteiger partial charge in [-0.3, -0.25) is 9.78 Å². The summed E-state index contributed by atoms with van der Waals surface area (Å²) < 4.78 is 13.3. The molecule has 0 saturated carbocycles. The summed E-state index contributed by atoms with van der Waals surface area (Å²) in [7, 11) is 0. The molecule has 0 bridgehead atoms. The van der Waals surface area contributed by atoms with Crippen molar-refractivity contribution in [2.24, 2.45) is 0 Å². The molecule has 0 spiro atoms. The Morgan fingerprint density at radius 3 is 2.27 bits per heavy atom. The Kier molecular flexibility index (Phi) is 11.0. The lowest BCUT2D eigenvalue weighted by atomic mass is 9.84. The molecule has 2 aliphatic rings. The fourth-order valence-corrected chi connectivity index (χ4v) is 7.71. The van der Waals surface area contributed by atoms with Gasteiger partial charge in [-0.15, -0.1) is 0 Å². The highest BCUT2D eigenvalue weighted by Gasteiger charge is 2.37. The number of benzene rings is 5. The SMILES string of the molecule is O=C(NCc1ccccc1-c1ccc([C@@H]2O[C@H](CN3CCC(O)(c4ccc(Cl)cc4)CC3)C[C@H](c3ccc(CO)cc3)O2)cc1)c1cnc2ccccc2n1. The maximum atomic E-state index is 13.1. The average Bonchev–Trinajstić information content (AvgIpc) is 3.24. The van der Waals surface area contributed by atoms with Gasteiger partial charge in [0.05, 0.1) is 41.6 Å². The molecule has 6 aromatic rings. The average molecular weight is 755 g/mol. The summed E-state index contributed by atoms with van der Waals surface area (Å²) in [5, 5.41) is 24.8. The number of carbonyl (C=O) groups excluding carboxylic acids is 1. The summed E-state index contributed by atoms with van der Waals surface area (Å²) in [6, 6.07) is 39.1. The summed E-state index contributed by atoms with van der Waals surface area (Å²) in [6.45, 7) is 2.50. The molecule has 0 radical (unpaired) electrons. The monoisotopic (exact) mass is 754 g/mol. The molecule has 2 fully saturated rings. The molecule has 0 unspecified atom stereocenters. The largest absolute Gasteiger partial charge is 0.392 e. The number of aliphatic hydroxyl groups excluding tert-OH is 1. The highest BCUT2D eigenvalue weighted by Crippen LogP contribution is 2.40. The van der Waals surface area contributed by atoms with Crippen molar-refractivity contribution >= 4 is 28.5 Å². The van der Waals surface area contributed by atoms with Crippen LogP contribution < -0.4 is 5.32 Å². The zero-order valence-electron chi connectivity index (χ0n) is 30.4. The van der Waals surface area contributed by atoms with Crippen LogP contribution in [0.25, 0.3) is 22.2 Å². The number of aliphatic hydroxyl groups is 2. The Balaban J connectivity index is 0.963. The predicted octanol–water partition coefficient (Wildman–Crippen LogP) is 7.90. The van der Waals surface area contributed by atoms with Crippen LogP contribution >= 0.6 is 11.6 Å². The van der Waals surface area contributed by atoms with Crippen LogP contribution in [0.1, 0.15) is 70.0 Å². The number of rotatable bonds is 10. The van der Waals surface area contributed by atoms with Crippen LogP contribution in [0.3, 0.4) is 0 Å². The first-order valence-electron chi connectivity index (χ1n) is 18.7. The number of ether oxygens (including phenoxy) is 2. The van der Waals surface area contributed by atoms with Gasteiger partial charge in [0.1, 0.15) is 5.69 Å². The summed E-state index contributed by atoms with van der Waals surface area (Å²) in [4.78, 5) is 24.3. The van der Waals surface area contributed by atoms with E-state index in [2.05, 4.69) is 38.4 Å². The molecular formula is C45H43ClN4O5. The van der Waals surface area contributed by atoms with Crippen molar-refractivity contribution in [2.75, 3.05) is 19.6 Å². The highest BCUT2D eigenvalue weighted by molar-refractivity contribution is 6.30. The van der Waals surface area contributed by atoms with Crippen LogP contribution in [0, 0.1) is 0 Å². The van der Waals surface area contributed by atoms with Crippen molar-refractivity contribution in [2.45, 2.75) is 56.5 Å². The third-order valence-corrected chi connectivity index (χ3v) is 11.0. The fourth-order valence-electron chi connectivity index (χ4n) is 7.58. The van der Waals surface area contributed by atoms with Gasteiger partial charge in [-0.05, 0) is 70.5 Å². The number of aromatic nitrogens is 2. The standard InChI is InChI=1S/C45H43ClN4O5/c46-36-19-17-35(18-20-36)45(53)21-23-50(24-22-45)28-37-25-42(32-11-9-30(29-51)10-12-32)55-44(54-37)33-15-13-31(14-16-33)38-6-2-1-5-34(38)26-48-43(52)41-27-47-39-7-3-4-8-40(39)49-41/h1-20,27,37,42,44,51,53H,21-26,28-29H2,(H,48,52)/t37-,42+,44+/m0/s1. The summed E-state index contributed by atoms with van der Waals surface area (Å²) in [5.74, 6) is -0.285. The van der Waals surface area contributed by atoms with Gasteiger partial charge in [-0.1, -0.05) is 109 Å². The smallest absolute Gasteiger partial charge is 0.271 e. The van der Waals surface area contributed by atoms with E-state index in [4.69, 9.17) is 21.1 Å². The van der Waals surface area contributed by atoms with Gasteiger partial charge >= 0.3 is 0 Å². The first kappa shape index (κ1) is 36.9. The van der Waals surface area contributed by atoms with Crippen LogP contribution in [-0.4, -0.2) is 56.7 Å². The molecule has 2 aliphatic heterocycles. The van der Waals surface area contributed by atoms with E-state index in [0.717, 1.165) is 57.6 Å². The molecule has 0 aliphatic carbocycles. The number of hydrogen-bond donors (Lipinski definition) is 3. The summed E-state index contributed by atoms with van der Waals surface area (Å²) >= 11 is 6.11. The van der Waals surface area contributed by atoms with E-state index in [1.165, 1.54) is 6.20 Å². The van der Waals surface area contributed by atoms with E-state index in [9.17, 15) is 15.0 Å². The lowest BCUT2D eigenvalue weighted by Crippen LogP contribution is -2.46. The second-order valence-corrected chi connectivity index (χ2v) is 14.8. The van der Waals surface area contributed by atoms with Gasteiger partial charge in [0.15, 0.2) is 6.29 Å². The van der Waals surface area contributed by atoms with E-state index < -0.39 is 11.9 Å². The van der Waals surface area contributed by atoms with E-state index >= 15 is 0 Å². The van der Waals surface area contributed by atoms with Crippen LogP contribution in [-0.2, 0) is 28.2 Å². The Morgan fingerprint density at radius 1 is 0.836 bits per heavy atom. The molecule has 3 N–H and O–H groups in total. The quantitative estimate of drug-likeness (QED) is 0.129. The number of carbonyl (C=O) groups is 1. The second-order valence-electron chi connectivity index (χ2n) is 14.4. The van der Waals surface area contributed by atoms with Gasteiger partial charge < -0.3 is 29.9 Å². The Labute approximate surface area is 325 Å². The van der Waals surface area contributed by atoms with E-state index in [1.807, 2.05) is 103 Å². The van der Waals surface area contributed by atoms with Crippen molar-refractivity contribution in [3.05, 3.63) is 166 Å². The van der Waals surface area contributed by atoms with Gasteiger partial charge in [0.2, 0.25) is 0 Å². The molecule has 280 valence electrons. The van der Waals surface area contributed by atoms with Gasteiger partial charge in [-0.25, -0.2) is 4.98 Å². The Morgan fingerprint density at radius 2 is 1.53 bits per heavy atom. The lowest BCUT2D eigenvalue weighted by molar-refractivity contribution is -0.253. The molecule has 1 aromatic heterocycles. The Hall–Kier alpha value is -5.00. The maximum absolute atomic E-state index is 13.1. The van der Waals surface area contributed by atoms with Crippen LogP contribution in [0.5, 0.6) is 0 Å². The normalized spacial score (nSPS) is 19.9. The lowest BCUT2D eigenvalue weighted by Gasteiger charge is -2.42. The first-order chi connectivity index (χ1) is 26.8. The molecule has 9 nitrogen and oxygen atoms in total. The maximum Gasteiger partial charge on any atom is 0.271 e. The minimum absolute atomic E-state index is 0.0154. The third kappa shape index (κ3) is 8.48. The zero-order chi connectivity index (χ0) is 37.8.